The van der Waals surface area contributed by atoms with Crippen molar-refractivity contribution in [3.05, 3.63) is 59.1 Å². The van der Waals surface area contributed by atoms with Crippen LogP contribution >= 0.6 is 11.6 Å². The summed E-state index contributed by atoms with van der Waals surface area (Å²) in [6.45, 7) is -0.0533. The average molecular weight is 412 g/mol. The van der Waals surface area contributed by atoms with Crippen molar-refractivity contribution in [1.82, 2.24) is 4.90 Å². The van der Waals surface area contributed by atoms with Crippen LogP contribution in [0.15, 0.2) is 53.5 Å². The Morgan fingerprint density at radius 1 is 1.21 bits per heavy atom. The van der Waals surface area contributed by atoms with E-state index in [1.165, 1.54) is 7.11 Å². The Bertz CT molecular complexity index is 969. The molecule has 0 saturated heterocycles. The lowest BCUT2D eigenvalue weighted by atomic mass is 10.1. The van der Waals surface area contributed by atoms with E-state index in [1.54, 1.807) is 23.1 Å². The first kappa shape index (κ1) is 19.5. The van der Waals surface area contributed by atoms with E-state index < -0.39 is 5.66 Å². The summed E-state index contributed by atoms with van der Waals surface area (Å²) < 4.78 is 5.13. The number of rotatable bonds is 5. The number of methoxy groups -OCH3 is 1. The second-order valence-electron chi connectivity index (χ2n) is 7.30. The number of nitrogens with one attached hydrogen (secondary N) is 1. The van der Waals surface area contributed by atoms with E-state index in [2.05, 4.69) is 5.32 Å². The quantitative estimate of drug-likeness (QED) is 0.811. The summed E-state index contributed by atoms with van der Waals surface area (Å²) in [5.74, 6) is 0.0570. The number of benzene rings is 2. The first-order valence-corrected chi connectivity index (χ1v) is 10.0. The van der Waals surface area contributed by atoms with Gasteiger partial charge >= 0.3 is 0 Å². The van der Waals surface area contributed by atoms with Gasteiger partial charge in [0.15, 0.2) is 0 Å². The highest BCUT2D eigenvalue weighted by Gasteiger charge is 2.49. The summed E-state index contributed by atoms with van der Waals surface area (Å²) in [4.78, 5) is 32.4. The number of halogens is 1. The van der Waals surface area contributed by atoms with Gasteiger partial charge in [-0.3, -0.25) is 14.6 Å². The van der Waals surface area contributed by atoms with Gasteiger partial charge in [-0.2, -0.15) is 0 Å². The molecule has 1 aliphatic heterocycles. The summed E-state index contributed by atoms with van der Waals surface area (Å²) >= 11 is 6.13. The molecule has 6 nitrogen and oxygen atoms in total. The molecule has 2 aliphatic rings. The molecule has 1 fully saturated rings. The van der Waals surface area contributed by atoms with Crippen LogP contribution < -0.4 is 10.1 Å². The summed E-state index contributed by atoms with van der Waals surface area (Å²) in [5.41, 5.74) is 1.16. The van der Waals surface area contributed by atoms with Crippen molar-refractivity contribution in [2.75, 3.05) is 19.0 Å². The van der Waals surface area contributed by atoms with Crippen molar-refractivity contribution in [2.24, 2.45) is 4.99 Å². The zero-order valence-electron chi connectivity index (χ0n) is 16.2. The summed E-state index contributed by atoms with van der Waals surface area (Å²) in [6, 6.07) is 14.5. The number of carbonyl (C=O) groups is 2. The number of aliphatic imine (C=N–C) groups is 1. The number of carbonyl (C=O) groups excluding carboxylic acids is 2. The van der Waals surface area contributed by atoms with E-state index in [0.717, 1.165) is 31.2 Å². The normalized spacial score (nSPS) is 17.5. The predicted octanol–water partition coefficient (Wildman–Crippen LogP) is 3.89. The van der Waals surface area contributed by atoms with Gasteiger partial charge in [0, 0.05) is 11.3 Å². The Hall–Kier alpha value is -2.86. The monoisotopic (exact) mass is 411 g/mol. The predicted molar refractivity (Wildman–Crippen MR) is 113 cm³/mol. The van der Waals surface area contributed by atoms with Crippen molar-refractivity contribution in [1.29, 1.82) is 0 Å². The van der Waals surface area contributed by atoms with Crippen molar-refractivity contribution >= 4 is 34.8 Å². The fourth-order valence-corrected chi connectivity index (χ4v) is 4.31. The summed E-state index contributed by atoms with van der Waals surface area (Å²) in [6.07, 6.45) is 3.53. The Morgan fingerprint density at radius 3 is 2.59 bits per heavy atom. The van der Waals surface area contributed by atoms with Crippen molar-refractivity contribution in [3.8, 4) is 5.75 Å². The maximum atomic E-state index is 13.2. The minimum atomic E-state index is -0.614. The number of hydrogen-bond donors (Lipinski definition) is 1. The highest BCUT2D eigenvalue weighted by molar-refractivity contribution is 6.47. The van der Waals surface area contributed by atoms with Gasteiger partial charge in [0.2, 0.25) is 5.91 Å². The molecule has 1 spiro atoms. The van der Waals surface area contributed by atoms with Crippen molar-refractivity contribution < 1.29 is 14.3 Å². The SMILES string of the molecule is COc1ccc(NC(=O)CN2C(=O)C(c3ccccc3)=NC23CCCC3)cc1Cl. The topological polar surface area (TPSA) is 71.0 Å². The van der Waals surface area contributed by atoms with Gasteiger partial charge in [0.25, 0.3) is 5.91 Å². The molecule has 7 heteroatoms. The standard InChI is InChI=1S/C22H22ClN3O3/c1-29-18-10-9-16(13-17(18)23)24-19(27)14-26-21(28)20(15-7-3-2-4-8-15)25-22(26)11-5-6-12-22/h2-4,7-10,13H,5-6,11-12,14H2,1H3,(H,24,27). The molecule has 0 unspecified atom stereocenters. The molecule has 29 heavy (non-hydrogen) atoms. The third-order valence-electron chi connectivity index (χ3n) is 5.46. The molecular weight excluding hydrogens is 390 g/mol. The van der Waals surface area contributed by atoms with Crippen LogP contribution in [-0.4, -0.2) is 41.7 Å². The second kappa shape index (κ2) is 7.87. The van der Waals surface area contributed by atoms with E-state index in [-0.39, 0.29) is 18.4 Å². The lowest BCUT2D eigenvalue weighted by Gasteiger charge is -2.32. The van der Waals surface area contributed by atoms with Crippen LogP contribution in [0.4, 0.5) is 5.69 Å². The lowest BCUT2D eigenvalue weighted by Crippen LogP contribution is -2.48. The van der Waals surface area contributed by atoms with Crippen LogP contribution in [0, 0.1) is 0 Å². The van der Waals surface area contributed by atoms with E-state index in [4.69, 9.17) is 21.3 Å². The van der Waals surface area contributed by atoms with Crippen molar-refractivity contribution in [3.63, 3.8) is 0 Å². The average Bonchev–Trinajstić information content (AvgIpc) is 3.29. The zero-order valence-corrected chi connectivity index (χ0v) is 16.9. The molecule has 1 saturated carbocycles. The van der Waals surface area contributed by atoms with Gasteiger partial charge in [-0.15, -0.1) is 0 Å². The zero-order chi connectivity index (χ0) is 20.4. The van der Waals surface area contributed by atoms with E-state index >= 15 is 0 Å². The van der Waals surface area contributed by atoms with Crippen LogP contribution in [0.1, 0.15) is 31.2 Å². The molecule has 4 rings (SSSR count). The number of ether oxygens (including phenoxy) is 1. The number of anilines is 1. The third kappa shape index (κ3) is 3.72. The third-order valence-corrected chi connectivity index (χ3v) is 5.75. The Kier molecular flexibility index (Phi) is 5.28. The first-order valence-electron chi connectivity index (χ1n) is 9.63. The van der Waals surface area contributed by atoms with Crippen LogP contribution in [0.2, 0.25) is 5.02 Å². The molecule has 150 valence electrons. The van der Waals surface area contributed by atoms with Crippen LogP contribution in [0.25, 0.3) is 0 Å². The van der Waals surface area contributed by atoms with E-state index in [9.17, 15) is 9.59 Å². The Morgan fingerprint density at radius 2 is 1.93 bits per heavy atom. The minimum Gasteiger partial charge on any atom is -0.495 e. The van der Waals surface area contributed by atoms with Gasteiger partial charge < -0.3 is 15.0 Å². The largest absolute Gasteiger partial charge is 0.495 e. The number of hydrogen-bond acceptors (Lipinski definition) is 4. The molecule has 2 amide bonds. The molecule has 1 N–H and O–H groups in total. The van der Waals surface area contributed by atoms with Gasteiger partial charge in [0.05, 0.1) is 12.1 Å². The molecular formula is C22H22ClN3O3. The van der Waals surface area contributed by atoms with Crippen LogP contribution in [0.3, 0.4) is 0 Å². The molecule has 1 aliphatic carbocycles. The van der Waals surface area contributed by atoms with Crippen molar-refractivity contribution in [2.45, 2.75) is 31.3 Å². The highest BCUT2D eigenvalue weighted by atomic mass is 35.5. The molecule has 2 aromatic carbocycles. The highest BCUT2D eigenvalue weighted by Crippen LogP contribution is 2.41. The Balaban J connectivity index is 1.54. The van der Waals surface area contributed by atoms with Gasteiger partial charge in [-0.1, -0.05) is 41.9 Å². The van der Waals surface area contributed by atoms with E-state index in [1.807, 2.05) is 30.3 Å². The molecule has 0 aromatic heterocycles. The molecule has 0 atom stereocenters. The smallest absolute Gasteiger partial charge is 0.275 e. The minimum absolute atomic E-state index is 0.0533. The molecule has 0 bridgehead atoms. The van der Waals surface area contributed by atoms with Gasteiger partial charge in [-0.05, 0) is 43.9 Å². The fourth-order valence-electron chi connectivity index (χ4n) is 4.05. The molecule has 2 aromatic rings. The lowest BCUT2D eigenvalue weighted by molar-refractivity contribution is -0.132. The summed E-state index contributed by atoms with van der Waals surface area (Å²) in [7, 11) is 1.53. The molecule has 0 radical (unpaired) electrons. The van der Waals surface area contributed by atoms with Crippen LogP contribution in [0.5, 0.6) is 5.75 Å². The van der Waals surface area contributed by atoms with Crippen LogP contribution in [-0.2, 0) is 9.59 Å². The van der Waals surface area contributed by atoms with E-state index in [0.29, 0.717) is 22.2 Å². The Labute approximate surface area is 174 Å². The van der Waals surface area contributed by atoms with Gasteiger partial charge in [-0.25, -0.2) is 0 Å². The number of amides is 2. The maximum Gasteiger partial charge on any atom is 0.275 e. The first-order chi connectivity index (χ1) is 14.0. The summed E-state index contributed by atoms with van der Waals surface area (Å²) in [5, 5.41) is 3.23. The van der Waals surface area contributed by atoms with Gasteiger partial charge in [0.1, 0.15) is 23.7 Å². The fraction of sp³-hybridized carbons (Fsp3) is 0.318. The number of nitrogens with zero attached hydrogens (tertiary/aromatic N) is 2. The maximum absolute atomic E-state index is 13.2. The molecule has 1 heterocycles. The second-order valence-corrected chi connectivity index (χ2v) is 7.71.